The van der Waals surface area contributed by atoms with E-state index in [-0.39, 0.29) is 17.8 Å². The van der Waals surface area contributed by atoms with E-state index in [0.29, 0.717) is 11.1 Å². The Hall–Kier alpha value is -2.70. The molecule has 0 saturated carbocycles. The standard InChI is InChI=1S/C15H11F3N2O2/c16-15(17,18)10-4-5-12-13(7-10)20(14(22)19-12)8-9-2-1-3-11(21)6-9/h1-7,21H,8H2,(H,19,22). The molecular weight excluding hydrogens is 297 g/mol. The molecule has 114 valence electrons. The fourth-order valence-corrected chi connectivity index (χ4v) is 2.32. The largest absolute Gasteiger partial charge is 0.508 e. The van der Waals surface area contributed by atoms with Crippen LogP contribution < -0.4 is 5.69 Å². The quantitative estimate of drug-likeness (QED) is 0.764. The first-order valence-corrected chi connectivity index (χ1v) is 6.42. The lowest BCUT2D eigenvalue weighted by Gasteiger charge is -2.08. The molecular formula is C15H11F3N2O2. The van der Waals surface area contributed by atoms with Gasteiger partial charge in [0.1, 0.15) is 5.75 Å². The molecule has 0 bridgehead atoms. The van der Waals surface area contributed by atoms with E-state index in [1.807, 2.05) is 0 Å². The number of H-pyrrole nitrogens is 1. The number of benzene rings is 2. The van der Waals surface area contributed by atoms with Crippen LogP contribution in [0.1, 0.15) is 11.1 Å². The topological polar surface area (TPSA) is 58.0 Å². The Labute approximate surface area is 122 Å². The third-order valence-electron chi connectivity index (χ3n) is 3.35. The van der Waals surface area contributed by atoms with E-state index < -0.39 is 17.4 Å². The second-order valence-corrected chi connectivity index (χ2v) is 4.92. The predicted molar refractivity (Wildman–Crippen MR) is 74.8 cm³/mol. The second-order valence-electron chi connectivity index (χ2n) is 4.92. The average Bonchev–Trinajstić information content (AvgIpc) is 2.74. The lowest BCUT2D eigenvalue weighted by Crippen LogP contribution is -2.17. The van der Waals surface area contributed by atoms with Crippen molar-refractivity contribution in [3.05, 3.63) is 64.1 Å². The molecule has 0 aliphatic rings. The molecule has 3 aromatic rings. The van der Waals surface area contributed by atoms with E-state index in [1.54, 1.807) is 12.1 Å². The Morgan fingerprint density at radius 3 is 2.59 bits per heavy atom. The number of fused-ring (bicyclic) bond motifs is 1. The van der Waals surface area contributed by atoms with E-state index >= 15 is 0 Å². The zero-order valence-electron chi connectivity index (χ0n) is 11.2. The van der Waals surface area contributed by atoms with Gasteiger partial charge < -0.3 is 10.1 Å². The maximum atomic E-state index is 12.8. The highest BCUT2D eigenvalue weighted by atomic mass is 19.4. The Balaban J connectivity index is 2.12. The molecule has 4 nitrogen and oxygen atoms in total. The van der Waals surface area contributed by atoms with Crippen molar-refractivity contribution in [1.82, 2.24) is 9.55 Å². The first kappa shape index (κ1) is 14.2. The number of alkyl halides is 3. The molecule has 0 amide bonds. The normalized spacial score (nSPS) is 12.0. The maximum absolute atomic E-state index is 12.8. The van der Waals surface area contributed by atoms with Crippen molar-refractivity contribution in [1.29, 1.82) is 0 Å². The van der Waals surface area contributed by atoms with Crippen LogP contribution in [0.5, 0.6) is 5.75 Å². The highest BCUT2D eigenvalue weighted by Crippen LogP contribution is 2.31. The fraction of sp³-hybridized carbons (Fsp3) is 0.133. The van der Waals surface area contributed by atoms with Crippen LogP contribution in [-0.2, 0) is 12.7 Å². The number of phenolic OH excluding ortho intramolecular Hbond substituents is 1. The summed E-state index contributed by atoms with van der Waals surface area (Å²) < 4.78 is 39.6. The van der Waals surface area contributed by atoms with Gasteiger partial charge in [-0.25, -0.2) is 4.79 Å². The molecule has 2 aromatic carbocycles. The third-order valence-corrected chi connectivity index (χ3v) is 3.35. The molecule has 7 heteroatoms. The van der Waals surface area contributed by atoms with E-state index in [4.69, 9.17) is 0 Å². The summed E-state index contributed by atoms with van der Waals surface area (Å²) in [5.74, 6) is 0.0290. The Morgan fingerprint density at radius 2 is 1.91 bits per heavy atom. The maximum Gasteiger partial charge on any atom is 0.416 e. The van der Waals surface area contributed by atoms with Gasteiger partial charge in [0.05, 0.1) is 23.1 Å². The van der Waals surface area contributed by atoms with Gasteiger partial charge in [0.15, 0.2) is 0 Å². The molecule has 0 saturated heterocycles. The van der Waals surface area contributed by atoms with Gasteiger partial charge >= 0.3 is 11.9 Å². The lowest BCUT2D eigenvalue weighted by atomic mass is 10.2. The SMILES string of the molecule is O=c1[nH]c2ccc(C(F)(F)F)cc2n1Cc1cccc(O)c1. The van der Waals surface area contributed by atoms with Crippen LogP contribution in [0, 0.1) is 0 Å². The number of nitrogens with zero attached hydrogens (tertiary/aromatic N) is 1. The Bertz CT molecular complexity index is 894. The minimum atomic E-state index is -4.47. The van der Waals surface area contributed by atoms with Crippen molar-refractivity contribution in [2.75, 3.05) is 0 Å². The second kappa shape index (κ2) is 4.94. The highest BCUT2D eigenvalue weighted by molar-refractivity contribution is 5.76. The van der Waals surface area contributed by atoms with Gasteiger partial charge in [0, 0.05) is 0 Å². The summed E-state index contributed by atoms with van der Waals surface area (Å²) >= 11 is 0. The first-order valence-electron chi connectivity index (χ1n) is 6.42. The van der Waals surface area contributed by atoms with Gasteiger partial charge in [-0.15, -0.1) is 0 Å². The number of rotatable bonds is 2. The number of aromatic nitrogens is 2. The predicted octanol–water partition coefficient (Wildman–Crippen LogP) is 3.10. The minimum absolute atomic E-state index is 0.0290. The molecule has 22 heavy (non-hydrogen) atoms. The van der Waals surface area contributed by atoms with Crippen molar-refractivity contribution in [2.45, 2.75) is 12.7 Å². The van der Waals surface area contributed by atoms with Crippen molar-refractivity contribution < 1.29 is 18.3 Å². The van der Waals surface area contributed by atoms with E-state index in [1.165, 1.54) is 22.8 Å². The van der Waals surface area contributed by atoms with Gasteiger partial charge in [0.25, 0.3) is 0 Å². The Morgan fingerprint density at radius 1 is 1.14 bits per heavy atom. The smallest absolute Gasteiger partial charge is 0.416 e. The molecule has 0 fully saturated rings. The number of halogens is 3. The fourth-order valence-electron chi connectivity index (χ4n) is 2.32. The van der Waals surface area contributed by atoms with Gasteiger partial charge in [-0.3, -0.25) is 4.57 Å². The number of hydrogen-bond donors (Lipinski definition) is 2. The number of hydrogen-bond acceptors (Lipinski definition) is 2. The molecule has 3 rings (SSSR count). The zero-order chi connectivity index (χ0) is 15.9. The molecule has 0 aliphatic heterocycles. The summed E-state index contributed by atoms with van der Waals surface area (Å²) in [4.78, 5) is 14.5. The molecule has 0 aliphatic carbocycles. The summed E-state index contributed by atoms with van der Waals surface area (Å²) in [6.07, 6.45) is -4.47. The van der Waals surface area contributed by atoms with Crippen molar-refractivity contribution in [3.8, 4) is 5.75 Å². The number of aromatic hydroxyl groups is 1. The molecule has 0 radical (unpaired) electrons. The van der Waals surface area contributed by atoms with Crippen molar-refractivity contribution in [3.63, 3.8) is 0 Å². The summed E-state index contributed by atoms with van der Waals surface area (Å²) in [5.41, 5.74) is -0.206. The number of aromatic amines is 1. The van der Waals surface area contributed by atoms with Gasteiger partial charge in [0.2, 0.25) is 0 Å². The minimum Gasteiger partial charge on any atom is -0.508 e. The third kappa shape index (κ3) is 2.57. The molecule has 1 aromatic heterocycles. The van der Waals surface area contributed by atoms with Crippen LogP contribution in [0.4, 0.5) is 13.2 Å². The highest BCUT2D eigenvalue weighted by Gasteiger charge is 2.31. The number of nitrogens with one attached hydrogen (secondary N) is 1. The molecule has 2 N–H and O–H groups in total. The Kier molecular flexibility index (Phi) is 3.20. The monoisotopic (exact) mass is 308 g/mol. The van der Waals surface area contributed by atoms with Gasteiger partial charge in [-0.05, 0) is 35.9 Å². The summed E-state index contributed by atoms with van der Waals surface area (Å²) in [5, 5.41) is 9.43. The van der Waals surface area contributed by atoms with E-state index in [9.17, 15) is 23.1 Å². The molecule has 0 atom stereocenters. The van der Waals surface area contributed by atoms with Gasteiger partial charge in [-0.1, -0.05) is 12.1 Å². The molecule has 0 unspecified atom stereocenters. The summed E-state index contributed by atoms with van der Waals surface area (Å²) in [6, 6.07) is 9.32. The van der Waals surface area contributed by atoms with Gasteiger partial charge in [-0.2, -0.15) is 13.2 Å². The number of imidazole rings is 1. The average molecular weight is 308 g/mol. The van der Waals surface area contributed by atoms with Crippen LogP contribution in [0.25, 0.3) is 11.0 Å². The zero-order valence-corrected chi connectivity index (χ0v) is 11.2. The molecule has 1 heterocycles. The summed E-state index contributed by atoms with van der Waals surface area (Å²) in [6.45, 7) is 0.0640. The number of phenols is 1. The van der Waals surface area contributed by atoms with Crippen molar-refractivity contribution in [2.24, 2.45) is 0 Å². The van der Waals surface area contributed by atoms with E-state index in [2.05, 4.69) is 4.98 Å². The van der Waals surface area contributed by atoms with Crippen LogP contribution in [-0.4, -0.2) is 14.7 Å². The molecule has 0 spiro atoms. The van der Waals surface area contributed by atoms with E-state index in [0.717, 1.165) is 12.1 Å². The summed E-state index contributed by atoms with van der Waals surface area (Å²) in [7, 11) is 0. The lowest BCUT2D eigenvalue weighted by molar-refractivity contribution is -0.137. The van der Waals surface area contributed by atoms with Crippen LogP contribution in [0.3, 0.4) is 0 Å². The van der Waals surface area contributed by atoms with Crippen LogP contribution in [0.2, 0.25) is 0 Å². The van der Waals surface area contributed by atoms with Crippen LogP contribution in [0.15, 0.2) is 47.3 Å². The van der Waals surface area contributed by atoms with Crippen molar-refractivity contribution >= 4 is 11.0 Å². The first-order chi connectivity index (χ1) is 10.3. The van der Waals surface area contributed by atoms with Crippen LogP contribution >= 0.6 is 0 Å².